The molecule has 0 aromatic carbocycles. The van der Waals surface area contributed by atoms with Gasteiger partial charge in [-0.1, -0.05) is 64.2 Å². The van der Waals surface area contributed by atoms with E-state index in [-0.39, 0.29) is 0 Å². The van der Waals surface area contributed by atoms with Crippen molar-refractivity contribution >= 4 is 16.9 Å². The molecule has 2 fully saturated rings. The molecule has 4 rings (SSSR count). The number of nitrogens with one attached hydrogen (secondary N) is 2. The summed E-state index contributed by atoms with van der Waals surface area (Å²) < 4.78 is 10.4. The molecule has 0 spiro atoms. The Labute approximate surface area is 212 Å². The van der Waals surface area contributed by atoms with E-state index in [1.54, 1.807) is 20.5 Å². The minimum absolute atomic E-state index is 0.559. The molecule has 0 aliphatic heterocycles. The van der Waals surface area contributed by atoms with Crippen LogP contribution in [0.15, 0.2) is 18.6 Å². The molecule has 0 atom stereocenters. The topological polar surface area (TPSA) is 75.3 Å². The second-order valence-electron chi connectivity index (χ2n) is 10.1. The monoisotopic (exact) mass is 487 g/mol. The summed E-state index contributed by atoms with van der Waals surface area (Å²) in [5, 5.41) is 4.68. The maximum absolute atomic E-state index is 5.34. The fraction of sp³-hybridized carbons (Fsp3) is 0.786. The second kappa shape index (κ2) is 16.9. The number of anilines is 1. The number of hydrogen-bond donors (Lipinski definition) is 2. The summed E-state index contributed by atoms with van der Waals surface area (Å²) >= 11 is 0. The smallest absolute Gasteiger partial charge is 0.142 e. The zero-order chi connectivity index (χ0) is 24.6. The van der Waals surface area contributed by atoms with Crippen molar-refractivity contribution in [3.63, 3.8) is 0 Å². The predicted molar refractivity (Wildman–Crippen MR) is 145 cm³/mol. The lowest BCUT2D eigenvalue weighted by atomic mass is 9.95. The van der Waals surface area contributed by atoms with Crippen LogP contribution in [-0.2, 0) is 9.47 Å². The highest BCUT2D eigenvalue weighted by Crippen LogP contribution is 2.29. The maximum atomic E-state index is 5.34. The van der Waals surface area contributed by atoms with Crippen LogP contribution in [0.2, 0.25) is 0 Å². The van der Waals surface area contributed by atoms with Crippen molar-refractivity contribution in [3.8, 4) is 0 Å². The van der Waals surface area contributed by atoms with Gasteiger partial charge in [0.2, 0.25) is 0 Å². The number of ether oxygens (including phenoxy) is 2. The fourth-order valence-corrected chi connectivity index (χ4v) is 5.51. The number of nitrogens with zero attached hydrogens (tertiary/aromatic N) is 3. The molecule has 2 aliphatic rings. The second-order valence-corrected chi connectivity index (χ2v) is 10.1. The highest BCUT2D eigenvalue weighted by atomic mass is 16.5. The number of fused-ring (bicyclic) bond motifs is 1. The molecule has 0 unspecified atom stereocenters. The standard InChI is InChI=1S/C17H26N4O.C11H23NO/c1-22-12-11-21(14-7-5-3-2-4-6-8-14)17-15-9-10-18-16(15)19-13-20-17;1-13-10-9-12-11-7-5-3-2-4-6-8-11/h9-10,13-14H,2-8,11-12H2,1H3,(H,18,19,20);11-12H,2-10H2,1H3. The van der Waals surface area contributed by atoms with Crippen LogP contribution < -0.4 is 10.2 Å². The molecule has 0 amide bonds. The Kier molecular flexibility index (Phi) is 13.4. The van der Waals surface area contributed by atoms with Gasteiger partial charge in [-0.05, 0) is 31.7 Å². The lowest BCUT2D eigenvalue weighted by Gasteiger charge is -2.34. The Balaban J connectivity index is 0.000000225. The van der Waals surface area contributed by atoms with E-state index in [1.807, 2.05) is 6.20 Å². The quantitative estimate of drug-likeness (QED) is 0.432. The zero-order valence-electron chi connectivity index (χ0n) is 22.3. The van der Waals surface area contributed by atoms with Gasteiger partial charge < -0.3 is 24.7 Å². The Hall–Kier alpha value is -1.70. The van der Waals surface area contributed by atoms with Gasteiger partial charge in [-0.2, -0.15) is 0 Å². The van der Waals surface area contributed by atoms with Crippen molar-refractivity contribution in [2.45, 2.75) is 102 Å². The molecule has 0 bridgehead atoms. The SMILES string of the molecule is COCCN(c1ncnc2[nH]ccc12)C1CCCCCCC1.COCCNC1CCCCCCC1. The summed E-state index contributed by atoms with van der Waals surface area (Å²) in [6.07, 6.45) is 22.7. The van der Waals surface area contributed by atoms with Gasteiger partial charge in [0.25, 0.3) is 0 Å². The fourth-order valence-electron chi connectivity index (χ4n) is 5.51. The molecule has 2 N–H and O–H groups in total. The van der Waals surface area contributed by atoms with Crippen molar-refractivity contribution in [2.24, 2.45) is 0 Å². The first-order chi connectivity index (χ1) is 17.3. The number of methoxy groups -OCH3 is 2. The molecule has 2 saturated carbocycles. The van der Waals surface area contributed by atoms with Crippen LogP contribution in [0.3, 0.4) is 0 Å². The lowest BCUT2D eigenvalue weighted by Crippen LogP contribution is -2.39. The van der Waals surface area contributed by atoms with Crippen molar-refractivity contribution in [1.29, 1.82) is 0 Å². The van der Waals surface area contributed by atoms with Crippen LogP contribution in [0, 0.1) is 0 Å². The summed E-state index contributed by atoms with van der Waals surface area (Å²) in [5.74, 6) is 1.05. The minimum Gasteiger partial charge on any atom is -0.383 e. The van der Waals surface area contributed by atoms with Gasteiger partial charge >= 0.3 is 0 Å². The van der Waals surface area contributed by atoms with Crippen molar-refractivity contribution in [1.82, 2.24) is 20.3 Å². The molecule has 2 aliphatic carbocycles. The van der Waals surface area contributed by atoms with Gasteiger partial charge in [-0.3, -0.25) is 0 Å². The van der Waals surface area contributed by atoms with Gasteiger partial charge in [-0.25, -0.2) is 9.97 Å². The molecule has 2 aromatic rings. The van der Waals surface area contributed by atoms with Gasteiger partial charge in [-0.15, -0.1) is 0 Å². The number of H-pyrrole nitrogens is 1. The summed E-state index contributed by atoms with van der Waals surface area (Å²) in [6, 6.07) is 3.40. The van der Waals surface area contributed by atoms with E-state index in [1.165, 1.54) is 89.9 Å². The third-order valence-corrected chi connectivity index (χ3v) is 7.50. The average molecular weight is 488 g/mol. The molecule has 0 radical (unpaired) electrons. The van der Waals surface area contributed by atoms with Crippen LogP contribution in [0.25, 0.3) is 11.0 Å². The molecular formula is C28H49N5O2. The van der Waals surface area contributed by atoms with E-state index in [2.05, 4.69) is 31.2 Å². The van der Waals surface area contributed by atoms with Crippen LogP contribution in [0.4, 0.5) is 5.82 Å². The first kappa shape index (κ1) is 27.9. The van der Waals surface area contributed by atoms with Crippen molar-refractivity contribution in [3.05, 3.63) is 18.6 Å². The summed E-state index contributed by atoms with van der Waals surface area (Å²) in [4.78, 5) is 14.6. The van der Waals surface area contributed by atoms with E-state index in [9.17, 15) is 0 Å². The van der Waals surface area contributed by atoms with E-state index >= 15 is 0 Å². The van der Waals surface area contributed by atoms with E-state index in [4.69, 9.17) is 9.47 Å². The van der Waals surface area contributed by atoms with Gasteiger partial charge in [0.1, 0.15) is 17.8 Å². The Morgan fingerprint density at radius 2 is 1.49 bits per heavy atom. The third-order valence-electron chi connectivity index (χ3n) is 7.50. The van der Waals surface area contributed by atoms with Gasteiger partial charge in [0, 0.05) is 45.6 Å². The predicted octanol–water partition coefficient (Wildman–Crippen LogP) is 5.86. The molecule has 198 valence electrons. The summed E-state index contributed by atoms with van der Waals surface area (Å²) in [5.41, 5.74) is 0.915. The first-order valence-corrected chi connectivity index (χ1v) is 14.1. The number of hydrogen-bond acceptors (Lipinski definition) is 6. The lowest BCUT2D eigenvalue weighted by molar-refractivity contribution is 0.193. The van der Waals surface area contributed by atoms with Crippen LogP contribution in [-0.4, -0.2) is 67.6 Å². The molecule has 7 nitrogen and oxygen atoms in total. The minimum atomic E-state index is 0.559. The summed E-state index contributed by atoms with van der Waals surface area (Å²) in [7, 11) is 3.53. The highest BCUT2D eigenvalue weighted by molar-refractivity contribution is 5.87. The number of aromatic nitrogens is 3. The van der Waals surface area contributed by atoms with Gasteiger partial charge in [0.05, 0.1) is 18.6 Å². The Bertz CT molecular complexity index is 783. The van der Waals surface area contributed by atoms with Crippen LogP contribution in [0.1, 0.15) is 89.9 Å². The van der Waals surface area contributed by atoms with E-state index < -0.39 is 0 Å². The van der Waals surface area contributed by atoms with Gasteiger partial charge in [0.15, 0.2) is 0 Å². The Morgan fingerprint density at radius 3 is 2.14 bits per heavy atom. The first-order valence-electron chi connectivity index (χ1n) is 14.1. The van der Waals surface area contributed by atoms with Crippen molar-refractivity contribution in [2.75, 3.05) is 45.4 Å². The Morgan fingerprint density at radius 1 is 0.857 bits per heavy atom. The third kappa shape index (κ3) is 9.70. The van der Waals surface area contributed by atoms with E-state index in [0.717, 1.165) is 49.2 Å². The maximum Gasteiger partial charge on any atom is 0.142 e. The number of rotatable bonds is 9. The van der Waals surface area contributed by atoms with Crippen LogP contribution >= 0.6 is 0 Å². The zero-order valence-corrected chi connectivity index (χ0v) is 22.3. The molecule has 2 heterocycles. The van der Waals surface area contributed by atoms with Crippen molar-refractivity contribution < 1.29 is 9.47 Å². The number of aromatic amines is 1. The molecule has 0 saturated heterocycles. The molecule has 2 aromatic heterocycles. The normalized spacial score (nSPS) is 18.7. The van der Waals surface area contributed by atoms with Crippen LogP contribution in [0.5, 0.6) is 0 Å². The molecule has 35 heavy (non-hydrogen) atoms. The average Bonchev–Trinajstić information content (AvgIpc) is 3.32. The molecule has 7 heteroatoms. The summed E-state index contributed by atoms with van der Waals surface area (Å²) in [6.45, 7) is 3.47. The highest BCUT2D eigenvalue weighted by Gasteiger charge is 2.22. The molecular weight excluding hydrogens is 438 g/mol. The van der Waals surface area contributed by atoms with E-state index in [0.29, 0.717) is 6.04 Å². The largest absolute Gasteiger partial charge is 0.383 e.